The number of nitrogens with one attached hydrogen (secondary N) is 1. The molecule has 3 heteroatoms. The van der Waals surface area contributed by atoms with Crippen LogP contribution in [0.25, 0.3) is 0 Å². The van der Waals surface area contributed by atoms with Gasteiger partial charge in [0.15, 0.2) is 0 Å². The van der Waals surface area contributed by atoms with Crippen LogP contribution in [0.2, 0.25) is 0 Å². The van der Waals surface area contributed by atoms with Crippen molar-refractivity contribution < 1.29 is 9.47 Å². The van der Waals surface area contributed by atoms with Crippen LogP contribution >= 0.6 is 0 Å². The molecule has 0 radical (unpaired) electrons. The van der Waals surface area contributed by atoms with Crippen molar-refractivity contribution in [1.29, 1.82) is 0 Å². The minimum absolute atomic E-state index is 0.483. The maximum atomic E-state index is 5.61. The summed E-state index contributed by atoms with van der Waals surface area (Å²) in [7, 11) is 1.70. The van der Waals surface area contributed by atoms with Crippen molar-refractivity contribution in [3.8, 4) is 0 Å². The average molecular weight is 231 g/mol. The summed E-state index contributed by atoms with van der Waals surface area (Å²) in [4.78, 5) is 0. The first-order valence-corrected chi connectivity index (χ1v) is 6.56. The summed E-state index contributed by atoms with van der Waals surface area (Å²) in [6, 6.07) is 0.483. The SMILES string of the molecule is CCCNC(COCCOC)C(C)CCC. The Hall–Kier alpha value is -0.120. The second kappa shape index (κ2) is 11.4. The molecule has 0 aromatic heterocycles. The summed E-state index contributed by atoms with van der Waals surface area (Å²) in [5.41, 5.74) is 0. The Morgan fingerprint density at radius 2 is 1.88 bits per heavy atom. The van der Waals surface area contributed by atoms with Crippen molar-refractivity contribution in [2.75, 3.05) is 33.5 Å². The molecule has 0 aliphatic rings. The number of hydrogen-bond acceptors (Lipinski definition) is 3. The van der Waals surface area contributed by atoms with E-state index in [1.807, 2.05) is 0 Å². The molecule has 0 fully saturated rings. The second-order valence-corrected chi connectivity index (χ2v) is 4.39. The summed E-state index contributed by atoms with van der Waals surface area (Å²) in [5, 5.41) is 3.57. The third-order valence-corrected chi connectivity index (χ3v) is 2.82. The van der Waals surface area contributed by atoms with Gasteiger partial charge >= 0.3 is 0 Å². The summed E-state index contributed by atoms with van der Waals surface area (Å²) in [6.45, 7) is 9.98. The Labute approximate surface area is 101 Å². The van der Waals surface area contributed by atoms with Gasteiger partial charge in [-0.1, -0.05) is 27.2 Å². The molecule has 0 rings (SSSR count). The quantitative estimate of drug-likeness (QED) is 0.554. The molecule has 3 nitrogen and oxygen atoms in total. The molecule has 98 valence electrons. The van der Waals surface area contributed by atoms with E-state index < -0.39 is 0 Å². The van der Waals surface area contributed by atoms with Crippen LogP contribution in [0, 0.1) is 5.92 Å². The predicted octanol–water partition coefficient (Wildman–Crippen LogP) is 2.45. The van der Waals surface area contributed by atoms with Gasteiger partial charge in [0.1, 0.15) is 0 Å². The predicted molar refractivity (Wildman–Crippen MR) is 68.8 cm³/mol. The Morgan fingerprint density at radius 1 is 1.12 bits per heavy atom. The molecule has 0 saturated carbocycles. The molecule has 2 unspecified atom stereocenters. The minimum Gasteiger partial charge on any atom is -0.382 e. The maximum absolute atomic E-state index is 5.61. The van der Waals surface area contributed by atoms with Crippen molar-refractivity contribution in [3.63, 3.8) is 0 Å². The molecule has 0 aliphatic carbocycles. The lowest BCUT2D eigenvalue weighted by Crippen LogP contribution is -2.39. The molecular formula is C13H29NO2. The van der Waals surface area contributed by atoms with E-state index in [9.17, 15) is 0 Å². The van der Waals surface area contributed by atoms with Crippen LogP contribution in [-0.2, 0) is 9.47 Å². The lowest BCUT2D eigenvalue weighted by atomic mass is 9.97. The molecular weight excluding hydrogens is 202 g/mol. The Morgan fingerprint density at radius 3 is 2.44 bits per heavy atom. The zero-order valence-corrected chi connectivity index (χ0v) is 11.4. The standard InChI is InChI=1S/C13H29NO2/c1-5-7-12(3)13(14-8-6-2)11-16-10-9-15-4/h12-14H,5-11H2,1-4H3. The highest BCUT2D eigenvalue weighted by Gasteiger charge is 2.15. The van der Waals surface area contributed by atoms with Crippen LogP contribution in [0.3, 0.4) is 0 Å². The largest absolute Gasteiger partial charge is 0.382 e. The third-order valence-electron chi connectivity index (χ3n) is 2.82. The summed E-state index contributed by atoms with van der Waals surface area (Å²) < 4.78 is 10.6. The molecule has 0 aliphatic heterocycles. The van der Waals surface area contributed by atoms with E-state index in [1.54, 1.807) is 7.11 Å². The van der Waals surface area contributed by atoms with Crippen molar-refractivity contribution in [3.05, 3.63) is 0 Å². The van der Waals surface area contributed by atoms with Crippen molar-refractivity contribution in [2.24, 2.45) is 5.92 Å². The molecule has 0 aromatic rings. The van der Waals surface area contributed by atoms with E-state index in [0.717, 1.165) is 13.2 Å². The molecule has 0 amide bonds. The van der Waals surface area contributed by atoms with Crippen LogP contribution in [0.15, 0.2) is 0 Å². The van der Waals surface area contributed by atoms with Gasteiger partial charge in [-0.15, -0.1) is 0 Å². The number of methoxy groups -OCH3 is 1. The van der Waals surface area contributed by atoms with E-state index in [2.05, 4.69) is 26.1 Å². The summed E-state index contributed by atoms with van der Waals surface area (Å²) >= 11 is 0. The van der Waals surface area contributed by atoms with Crippen LogP contribution < -0.4 is 5.32 Å². The van der Waals surface area contributed by atoms with Gasteiger partial charge < -0.3 is 14.8 Å². The number of ether oxygens (including phenoxy) is 2. The molecule has 0 bridgehead atoms. The fourth-order valence-electron chi connectivity index (χ4n) is 1.76. The summed E-state index contributed by atoms with van der Waals surface area (Å²) in [5.74, 6) is 0.680. The van der Waals surface area contributed by atoms with Gasteiger partial charge in [-0.25, -0.2) is 0 Å². The van der Waals surface area contributed by atoms with E-state index in [0.29, 0.717) is 25.2 Å². The van der Waals surface area contributed by atoms with Gasteiger partial charge in [-0.05, 0) is 25.3 Å². The average Bonchev–Trinajstić information content (AvgIpc) is 2.28. The van der Waals surface area contributed by atoms with E-state index in [-0.39, 0.29) is 0 Å². The van der Waals surface area contributed by atoms with Crippen molar-refractivity contribution >= 4 is 0 Å². The Bertz CT molecular complexity index is 142. The van der Waals surface area contributed by atoms with Crippen molar-refractivity contribution in [1.82, 2.24) is 5.32 Å². The Kier molecular flexibility index (Phi) is 11.3. The highest BCUT2D eigenvalue weighted by atomic mass is 16.5. The monoisotopic (exact) mass is 231 g/mol. The molecule has 16 heavy (non-hydrogen) atoms. The molecule has 0 spiro atoms. The molecule has 1 N–H and O–H groups in total. The zero-order chi connectivity index (χ0) is 12.2. The fourth-order valence-corrected chi connectivity index (χ4v) is 1.76. The van der Waals surface area contributed by atoms with Crippen LogP contribution in [-0.4, -0.2) is 39.5 Å². The number of rotatable bonds is 11. The van der Waals surface area contributed by atoms with Gasteiger partial charge in [0.25, 0.3) is 0 Å². The van der Waals surface area contributed by atoms with E-state index >= 15 is 0 Å². The third kappa shape index (κ3) is 8.08. The first kappa shape index (κ1) is 15.9. The second-order valence-electron chi connectivity index (χ2n) is 4.39. The lowest BCUT2D eigenvalue weighted by Gasteiger charge is -2.24. The normalized spacial score (nSPS) is 15.0. The first-order chi connectivity index (χ1) is 7.76. The van der Waals surface area contributed by atoms with E-state index in [4.69, 9.17) is 9.47 Å². The van der Waals surface area contributed by atoms with Crippen LogP contribution in [0.5, 0.6) is 0 Å². The zero-order valence-electron chi connectivity index (χ0n) is 11.4. The number of hydrogen-bond donors (Lipinski definition) is 1. The topological polar surface area (TPSA) is 30.5 Å². The van der Waals surface area contributed by atoms with Gasteiger partial charge in [-0.3, -0.25) is 0 Å². The highest BCUT2D eigenvalue weighted by Crippen LogP contribution is 2.11. The molecule has 0 aromatic carbocycles. The lowest BCUT2D eigenvalue weighted by molar-refractivity contribution is 0.0496. The fraction of sp³-hybridized carbons (Fsp3) is 1.00. The summed E-state index contributed by atoms with van der Waals surface area (Å²) in [6.07, 6.45) is 3.67. The van der Waals surface area contributed by atoms with Gasteiger partial charge in [0.05, 0.1) is 19.8 Å². The van der Waals surface area contributed by atoms with Crippen molar-refractivity contribution in [2.45, 2.75) is 46.1 Å². The molecule has 0 saturated heterocycles. The first-order valence-electron chi connectivity index (χ1n) is 6.56. The maximum Gasteiger partial charge on any atom is 0.0701 e. The van der Waals surface area contributed by atoms with Gasteiger partial charge in [0.2, 0.25) is 0 Å². The minimum atomic E-state index is 0.483. The van der Waals surface area contributed by atoms with Gasteiger partial charge in [0, 0.05) is 13.2 Å². The Balaban J connectivity index is 3.79. The van der Waals surface area contributed by atoms with E-state index in [1.165, 1.54) is 19.3 Å². The van der Waals surface area contributed by atoms with Gasteiger partial charge in [-0.2, -0.15) is 0 Å². The smallest absolute Gasteiger partial charge is 0.0701 e. The van der Waals surface area contributed by atoms with Crippen LogP contribution in [0.1, 0.15) is 40.0 Å². The molecule has 2 atom stereocenters. The van der Waals surface area contributed by atoms with Crippen LogP contribution in [0.4, 0.5) is 0 Å². The highest BCUT2D eigenvalue weighted by molar-refractivity contribution is 4.72. The molecule has 0 heterocycles.